The van der Waals surface area contributed by atoms with E-state index in [1.807, 2.05) is 11.8 Å². The Kier molecular flexibility index (Phi) is 5.31. The second-order valence-electron chi connectivity index (χ2n) is 4.57. The lowest BCUT2D eigenvalue weighted by atomic mass is 10.0. The third kappa shape index (κ3) is 3.69. The maximum absolute atomic E-state index is 5.72. The van der Waals surface area contributed by atoms with Crippen LogP contribution in [0.1, 0.15) is 12.0 Å². The Morgan fingerprint density at radius 2 is 2.53 bits per heavy atom. The van der Waals surface area contributed by atoms with Crippen molar-refractivity contribution in [2.24, 2.45) is 5.84 Å². The highest BCUT2D eigenvalue weighted by molar-refractivity contribution is 7.99. The van der Waals surface area contributed by atoms with Gasteiger partial charge in [0.05, 0.1) is 0 Å². The van der Waals surface area contributed by atoms with Crippen LogP contribution in [-0.2, 0) is 6.42 Å². The fourth-order valence-electron chi connectivity index (χ4n) is 2.27. The van der Waals surface area contributed by atoms with Crippen LogP contribution in [-0.4, -0.2) is 42.1 Å². The van der Waals surface area contributed by atoms with Crippen molar-refractivity contribution in [3.8, 4) is 0 Å². The molecule has 3 N–H and O–H groups in total. The van der Waals surface area contributed by atoms with Crippen molar-refractivity contribution in [3.05, 3.63) is 22.4 Å². The summed E-state index contributed by atoms with van der Waals surface area (Å²) in [5, 5.41) is 4.37. The van der Waals surface area contributed by atoms with Gasteiger partial charge in [0.25, 0.3) is 0 Å². The number of thiophene rings is 1. The van der Waals surface area contributed by atoms with Gasteiger partial charge in [0.15, 0.2) is 0 Å². The van der Waals surface area contributed by atoms with Crippen molar-refractivity contribution in [2.75, 3.05) is 25.1 Å². The minimum Gasteiger partial charge on any atom is -0.300 e. The van der Waals surface area contributed by atoms with E-state index < -0.39 is 0 Å². The average molecular weight is 271 g/mol. The molecule has 2 rings (SSSR count). The number of nitrogens with two attached hydrogens (primary N) is 1. The number of nitrogens with zero attached hydrogens (tertiary/aromatic N) is 1. The van der Waals surface area contributed by atoms with E-state index in [9.17, 15) is 0 Å². The normalized spacial score (nSPS) is 23.8. The molecule has 0 radical (unpaired) electrons. The summed E-state index contributed by atoms with van der Waals surface area (Å²) in [7, 11) is 2.21. The monoisotopic (exact) mass is 271 g/mol. The molecule has 1 fully saturated rings. The van der Waals surface area contributed by atoms with E-state index in [0.717, 1.165) is 12.8 Å². The van der Waals surface area contributed by atoms with Crippen LogP contribution in [0.5, 0.6) is 0 Å². The summed E-state index contributed by atoms with van der Waals surface area (Å²) in [4.78, 5) is 2.44. The highest BCUT2D eigenvalue weighted by Crippen LogP contribution is 2.20. The molecule has 1 saturated heterocycles. The fourth-order valence-corrected chi connectivity index (χ4v) is 4.29. The van der Waals surface area contributed by atoms with Gasteiger partial charge in [-0.1, -0.05) is 0 Å². The Morgan fingerprint density at radius 3 is 3.18 bits per heavy atom. The van der Waals surface area contributed by atoms with Gasteiger partial charge in [-0.25, -0.2) is 0 Å². The third-order valence-electron chi connectivity index (χ3n) is 3.45. The largest absolute Gasteiger partial charge is 0.300 e. The molecule has 1 aliphatic rings. The van der Waals surface area contributed by atoms with Gasteiger partial charge in [-0.2, -0.15) is 23.1 Å². The van der Waals surface area contributed by atoms with Gasteiger partial charge in [-0.15, -0.1) is 0 Å². The van der Waals surface area contributed by atoms with Crippen molar-refractivity contribution in [1.29, 1.82) is 0 Å². The molecule has 2 heterocycles. The minimum atomic E-state index is 0.396. The first-order chi connectivity index (χ1) is 8.31. The number of hydrogen-bond donors (Lipinski definition) is 2. The Hall–Kier alpha value is -0.0700. The molecule has 0 amide bonds. The van der Waals surface area contributed by atoms with Gasteiger partial charge < -0.3 is 4.90 Å². The highest BCUT2D eigenvalue weighted by Gasteiger charge is 2.26. The molecule has 1 aromatic rings. The Bertz CT molecular complexity index is 316. The molecule has 17 heavy (non-hydrogen) atoms. The lowest BCUT2D eigenvalue weighted by molar-refractivity contribution is 0.209. The lowest BCUT2D eigenvalue weighted by Gasteiger charge is -2.37. The summed E-state index contributed by atoms with van der Waals surface area (Å²) < 4.78 is 0. The van der Waals surface area contributed by atoms with E-state index in [1.54, 1.807) is 11.3 Å². The maximum Gasteiger partial charge on any atom is 0.0377 e. The van der Waals surface area contributed by atoms with Gasteiger partial charge in [-0.05, 0) is 42.3 Å². The SMILES string of the molecule is CN1CCSCC1C(CCc1ccsc1)NN. The van der Waals surface area contributed by atoms with E-state index >= 15 is 0 Å². The molecule has 3 nitrogen and oxygen atoms in total. The molecule has 0 saturated carbocycles. The molecule has 2 atom stereocenters. The Balaban J connectivity index is 1.86. The van der Waals surface area contributed by atoms with Crippen molar-refractivity contribution in [2.45, 2.75) is 24.9 Å². The Labute approximate surface area is 112 Å². The lowest BCUT2D eigenvalue weighted by Crippen LogP contribution is -2.54. The topological polar surface area (TPSA) is 41.3 Å². The number of hydrazine groups is 1. The zero-order valence-electron chi connectivity index (χ0n) is 10.3. The van der Waals surface area contributed by atoms with Crippen LogP contribution < -0.4 is 11.3 Å². The summed E-state index contributed by atoms with van der Waals surface area (Å²) >= 11 is 3.81. The third-order valence-corrected chi connectivity index (χ3v) is 5.23. The van der Waals surface area contributed by atoms with Crippen LogP contribution in [0.2, 0.25) is 0 Å². The first-order valence-electron chi connectivity index (χ1n) is 6.06. The summed E-state index contributed by atoms with van der Waals surface area (Å²) in [5.41, 5.74) is 4.44. The summed E-state index contributed by atoms with van der Waals surface area (Å²) in [5.74, 6) is 8.16. The maximum atomic E-state index is 5.72. The summed E-state index contributed by atoms with van der Waals surface area (Å²) in [6, 6.07) is 3.17. The molecule has 0 aliphatic carbocycles. The van der Waals surface area contributed by atoms with Gasteiger partial charge in [0.2, 0.25) is 0 Å². The number of aryl methyl sites for hydroxylation is 1. The van der Waals surface area contributed by atoms with Gasteiger partial charge in [0, 0.05) is 30.1 Å². The second-order valence-corrected chi connectivity index (χ2v) is 6.50. The molecule has 0 spiro atoms. The quantitative estimate of drug-likeness (QED) is 0.630. The van der Waals surface area contributed by atoms with Crippen molar-refractivity contribution >= 4 is 23.1 Å². The van der Waals surface area contributed by atoms with Crippen LogP contribution in [0.3, 0.4) is 0 Å². The van der Waals surface area contributed by atoms with Crippen LogP contribution >= 0.6 is 23.1 Å². The molecular formula is C12H21N3S2. The number of hydrogen-bond acceptors (Lipinski definition) is 5. The first kappa shape index (κ1) is 13.4. The van der Waals surface area contributed by atoms with Crippen molar-refractivity contribution in [3.63, 3.8) is 0 Å². The zero-order valence-corrected chi connectivity index (χ0v) is 11.9. The van der Waals surface area contributed by atoms with Crippen LogP contribution in [0.4, 0.5) is 0 Å². The molecule has 0 bridgehead atoms. The zero-order chi connectivity index (χ0) is 12.1. The first-order valence-corrected chi connectivity index (χ1v) is 8.16. The van der Waals surface area contributed by atoms with Crippen molar-refractivity contribution < 1.29 is 0 Å². The molecular weight excluding hydrogens is 250 g/mol. The number of likely N-dealkylation sites (N-methyl/N-ethyl adjacent to an activating group) is 1. The van der Waals surface area contributed by atoms with E-state index in [2.05, 4.69) is 34.2 Å². The molecule has 0 aromatic carbocycles. The van der Waals surface area contributed by atoms with Crippen molar-refractivity contribution in [1.82, 2.24) is 10.3 Å². The van der Waals surface area contributed by atoms with E-state index in [1.165, 1.54) is 23.6 Å². The van der Waals surface area contributed by atoms with E-state index in [-0.39, 0.29) is 0 Å². The average Bonchev–Trinajstić information content (AvgIpc) is 2.85. The predicted molar refractivity (Wildman–Crippen MR) is 77.5 cm³/mol. The molecule has 1 aromatic heterocycles. The standard InChI is InChI=1S/C12H21N3S2/c1-15-5-7-17-9-12(15)11(14-13)3-2-10-4-6-16-8-10/h4,6,8,11-12,14H,2-3,5,7,9,13H2,1H3. The van der Waals surface area contributed by atoms with Gasteiger partial charge >= 0.3 is 0 Å². The van der Waals surface area contributed by atoms with Gasteiger partial charge in [0.1, 0.15) is 0 Å². The number of rotatable bonds is 5. The summed E-state index contributed by atoms with van der Waals surface area (Å²) in [6.45, 7) is 1.17. The van der Waals surface area contributed by atoms with Crippen LogP contribution in [0, 0.1) is 0 Å². The van der Waals surface area contributed by atoms with Crippen LogP contribution in [0.15, 0.2) is 16.8 Å². The highest BCUT2D eigenvalue weighted by atomic mass is 32.2. The molecule has 96 valence electrons. The fraction of sp³-hybridized carbons (Fsp3) is 0.667. The van der Waals surface area contributed by atoms with Crippen LogP contribution in [0.25, 0.3) is 0 Å². The molecule has 5 heteroatoms. The smallest absolute Gasteiger partial charge is 0.0377 e. The number of nitrogens with one attached hydrogen (secondary N) is 1. The molecule has 1 aliphatic heterocycles. The van der Waals surface area contributed by atoms with E-state index in [4.69, 9.17) is 5.84 Å². The number of thioether (sulfide) groups is 1. The minimum absolute atomic E-state index is 0.396. The van der Waals surface area contributed by atoms with E-state index in [0.29, 0.717) is 12.1 Å². The van der Waals surface area contributed by atoms with Gasteiger partial charge in [-0.3, -0.25) is 11.3 Å². The second kappa shape index (κ2) is 6.75. The summed E-state index contributed by atoms with van der Waals surface area (Å²) in [6.07, 6.45) is 2.23. The Morgan fingerprint density at radius 1 is 1.65 bits per heavy atom. The predicted octanol–water partition coefficient (Wildman–Crippen LogP) is 1.56. The molecule has 2 unspecified atom stereocenters.